The summed E-state index contributed by atoms with van der Waals surface area (Å²) in [5.74, 6) is -0.168. The number of rotatable bonds is 2. The second-order valence-corrected chi connectivity index (χ2v) is 7.26. The molecule has 0 spiro atoms. The first-order valence-electron chi connectivity index (χ1n) is 8.26. The van der Waals surface area contributed by atoms with Crippen LogP contribution in [0.25, 0.3) is 11.3 Å². The maximum atomic E-state index is 12.9. The van der Waals surface area contributed by atoms with Gasteiger partial charge in [0.15, 0.2) is 0 Å². The van der Waals surface area contributed by atoms with Gasteiger partial charge in [-0.1, -0.05) is 47.6 Å². The van der Waals surface area contributed by atoms with Gasteiger partial charge < -0.3 is 0 Å². The number of aromatic nitrogens is 3. The van der Waals surface area contributed by atoms with Gasteiger partial charge in [-0.05, 0) is 35.2 Å². The molecule has 1 aromatic heterocycles. The van der Waals surface area contributed by atoms with Gasteiger partial charge in [-0.2, -0.15) is 0 Å². The van der Waals surface area contributed by atoms with Crippen molar-refractivity contribution in [1.29, 1.82) is 0 Å². The number of benzene rings is 2. The van der Waals surface area contributed by atoms with E-state index in [9.17, 15) is 9.59 Å². The molecule has 0 unspecified atom stereocenters. The van der Waals surface area contributed by atoms with Crippen LogP contribution >= 0.6 is 23.4 Å². The van der Waals surface area contributed by atoms with Crippen LogP contribution in [-0.4, -0.2) is 22.2 Å². The summed E-state index contributed by atoms with van der Waals surface area (Å²) < 4.78 is 1.59. The van der Waals surface area contributed by atoms with E-state index in [0.29, 0.717) is 32.7 Å². The van der Waals surface area contributed by atoms with Crippen LogP contribution in [0.5, 0.6) is 0 Å². The Bertz CT molecular complexity index is 1110. The third-order valence-electron chi connectivity index (χ3n) is 4.47. The normalized spacial score (nSPS) is 15.2. The van der Waals surface area contributed by atoms with Crippen molar-refractivity contribution in [3.8, 4) is 11.3 Å². The maximum absolute atomic E-state index is 12.9. The zero-order valence-corrected chi connectivity index (χ0v) is 16.2. The Morgan fingerprint density at radius 2 is 1.93 bits per heavy atom. The molecule has 27 heavy (non-hydrogen) atoms. The minimum Gasteiger partial charge on any atom is -0.291 e. The molecule has 1 atom stereocenters. The molecule has 0 aliphatic carbocycles. The summed E-state index contributed by atoms with van der Waals surface area (Å²) in [7, 11) is 0. The van der Waals surface area contributed by atoms with E-state index in [1.165, 1.54) is 18.7 Å². The number of nitrogens with one attached hydrogen (secondary N) is 1. The molecule has 2 aromatic carbocycles. The summed E-state index contributed by atoms with van der Waals surface area (Å²) in [6.07, 6.45) is 1.17. The van der Waals surface area contributed by atoms with Crippen molar-refractivity contribution in [1.82, 2.24) is 10.1 Å². The number of carbonyl (C=O) groups is 1. The number of hydrogen-bond acceptors (Lipinski definition) is 4. The molecule has 0 radical (unpaired) electrons. The highest BCUT2D eigenvalue weighted by Crippen LogP contribution is 2.38. The van der Waals surface area contributed by atoms with Gasteiger partial charge in [-0.15, -0.1) is 0 Å². The van der Waals surface area contributed by atoms with E-state index < -0.39 is 6.17 Å². The summed E-state index contributed by atoms with van der Waals surface area (Å²) in [6.45, 7) is 1.49. The predicted octanol–water partition coefficient (Wildman–Crippen LogP) is 3.01. The fourth-order valence-electron chi connectivity index (χ4n) is 3.37. The van der Waals surface area contributed by atoms with Crippen LogP contribution in [0.3, 0.4) is 0 Å². The van der Waals surface area contributed by atoms with Crippen LogP contribution in [-0.2, 0) is 4.79 Å². The van der Waals surface area contributed by atoms with Crippen LogP contribution in [0, 0.1) is 0 Å². The minimum atomic E-state index is -0.658. The Morgan fingerprint density at radius 3 is 2.63 bits per heavy atom. The quantitative estimate of drug-likeness (QED) is 0.531. The lowest BCUT2D eigenvalue weighted by Crippen LogP contribution is -2.60. The summed E-state index contributed by atoms with van der Waals surface area (Å²) >= 11 is 7.79. The number of para-hydroxylation sites is 1. The fourth-order valence-corrected chi connectivity index (χ4v) is 3.97. The molecule has 0 saturated carbocycles. The van der Waals surface area contributed by atoms with E-state index in [-0.39, 0.29) is 11.5 Å². The first-order valence-corrected chi connectivity index (χ1v) is 9.87. The second kappa shape index (κ2) is 6.83. The molecular weight excluding hydrogens is 384 g/mol. The van der Waals surface area contributed by atoms with Crippen LogP contribution in [0.15, 0.2) is 58.5 Å². The third-order valence-corrected chi connectivity index (χ3v) is 5.39. The summed E-state index contributed by atoms with van der Waals surface area (Å²) in [6, 6.07) is 14.6. The van der Waals surface area contributed by atoms with Crippen LogP contribution in [0.4, 0.5) is 5.69 Å². The van der Waals surface area contributed by atoms with Gasteiger partial charge in [0.1, 0.15) is 0 Å². The molecule has 6 nitrogen and oxygen atoms in total. The molecule has 1 aliphatic heterocycles. The smallest absolute Gasteiger partial charge is 0.291 e. The second-order valence-electron chi connectivity index (χ2n) is 6.06. The molecule has 136 valence electrons. The Balaban J connectivity index is 2.12. The van der Waals surface area contributed by atoms with Crippen molar-refractivity contribution < 1.29 is 9.48 Å². The molecule has 8 heteroatoms. The number of halogens is 1. The van der Waals surface area contributed by atoms with E-state index in [0.717, 1.165) is 0 Å². The van der Waals surface area contributed by atoms with Crippen molar-refractivity contribution in [3.63, 3.8) is 0 Å². The number of hydrogen-bond donors (Lipinski definition) is 1. The monoisotopic (exact) mass is 399 g/mol. The summed E-state index contributed by atoms with van der Waals surface area (Å²) in [4.78, 5) is 30.0. The molecule has 3 aromatic rings. The molecular formula is C19H16ClN4O2S+. The average Bonchev–Trinajstić information content (AvgIpc) is 2.66. The van der Waals surface area contributed by atoms with E-state index >= 15 is 0 Å². The number of fused-ring (bicyclic) bond motifs is 3. The lowest BCUT2D eigenvalue weighted by molar-refractivity contribution is -0.763. The Morgan fingerprint density at radius 1 is 1.22 bits per heavy atom. The van der Waals surface area contributed by atoms with Crippen molar-refractivity contribution in [2.45, 2.75) is 18.2 Å². The van der Waals surface area contributed by atoms with Crippen LogP contribution in [0.1, 0.15) is 18.7 Å². The average molecular weight is 400 g/mol. The Hall–Kier alpha value is -2.64. The largest absolute Gasteiger partial charge is 0.325 e. The molecule has 2 heterocycles. The van der Waals surface area contributed by atoms with Gasteiger partial charge in [0.2, 0.25) is 11.1 Å². The first-order chi connectivity index (χ1) is 13.0. The molecule has 1 aliphatic rings. The predicted molar refractivity (Wildman–Crippen MR) is 105 cm³/mol. The standard InChI is InChI=1S/C19H15ClN4O2S/c1-11(25)23-15-10-6-4-8-13(15)16-17(26)21-19(27-2)22-24(16)18(23)12-7-3-5-9-14(12)20/h3-10,18H,1-2H3/p+1/t18-/m0/s1. The van der Waals surface area contributed by atoms with Gasteiger partial charge in [0.25, 0.3) is 6.17 Å². The Labute approximate surface area is 164 Å². The van der Waals surface area contributed by atoms with Crippen LogP contribution < -0.4 is 15.1 Å². The fraction of sp³-hybridized carbons (Fsp3) is 0.158. The van der Waals surface area contributed by atoms with Gasteiger partial charge in [-0.3, -0.25) is 14.6 Å². The minimum absolute atomic E-state index is 0.168. The van der Waals surface area contributed by atoms with Crippen molar-refractivity contribution >= 4 is 35.0 Å². The van der Waals surface area contributed by atoms with Gasteiger partial charge in [-0.25, -0.2) is 4.90 Å². The number of amides is 1. The molecule has 1 N–H and O–H groups in total. The molecule has 0 bridgehead atoms. The van der Waals surface area contributed by atoms with Crippen molar-refractivity contribution in [2.75, 3.05) is 11.2 Å². The van der Waals surface area contributed by atoms with Crippen molar-refractivity contribution in [3.05, 3.63) is 69.5 Å². The lowest BCUT2D eigenvalue weighted by atomic mass is 10.0. The highest BCUT2D eigenvalue weighted by molar-refractivity contribution is 7.98. The summed E-state index contributed by atoms with van der Waals surface area (Å²) in [5, 5.41) is 5.56. The molecule has 4 rings (SSSR count). The van der Waals surface area contributed by atoms with Gasteiger partial charge >= 0.3 is 11.3 Å². The number of anilines is 1. The summed E-state index contributed by atoms with van der Waals surface area (Å²) in [5.41, 5.74) is 2.13. The Kier molecular flexibility index (Phi) is 4.49. The number of thioether (sulfide) groups is 1. The van der Waals surface area contributed by atoms with E-state index in [1.807, 2.05) is 48.7 Å². The third kappa shape index (κ3) is 2.83. The number of H-pyrrole nitrogens is 1. The van der Waals surface area contributed by atoms with Crippen LogP contribution in [0.2, 0.25) is 5.02 Å². The van der Waals surface area contributed by atoms with E-state index in [4.69, 9.17) is 11.6 Å². The first kappa shape index (κ1) is 17.8. The highest BCUT2D eigenvalue weighted by Gasteiger charge is 2.45. The van der Waals surface area contributed by atoms with E-state index in [1.54, 1.807) is 15.6 Å². The lowest BCUT2D eigenvalue weighted by Gasteiger charge is -2.31. The van der Waals surface area contributed by atoms with Gasteiger partial charge in [0, 0.05) is 12.0 Å². The number of nitrogens with zero attached hydrogens (tertiary/aromatic N) is 3. The maximum Gasteiger partial charge on any atom is 0.325 e. The number of aromatic amines is 1. The highest BCUT2D eigenvalue weighted by atomic mass is 35.5. The van der Waals surface area contributed by atoms with E-state index in [2.05, 4.69) is 10.1 Å². The molecule has 0 saturated heterocycles. The zero-order valence-electron chi connectivity index (χ0n) is 14.6. The number of carbonyl (C=O) groups excluding carboxylic acids is 1. The SMILES string of the molecule is CSc1n[n+]2c(c(=O)[nH]1)-c1ccccc1N(C(C)=O)[C@@H]2c1ccccc1Cl. The zero-order chi connectivity index (χ0) is 19.1. The molecule has 1 amide bonds. The van der Waals surface area contributed by atoms with Gasteiger partial charge in [0.05, 0.1) is 21.8 Å². The topological polar surface area (TPSA) is 69.9 Å². The van der Waals surface area contributed by atoms with Crippen molar-refractivity contribution in [2.24, 2.45) is 0 Å². The molecule has 0 fully saturated rings.